The summed E-state index contributed by atoms with van der Waals surface area (Å²) in [5.41, 5.74) is 0. The molecule has 0 aliphatic rings. The molecule has 2 radical (unpaired) electrons. The summed E-state index contributed by atoms with van der Waals surface area (Å²) in [7, 11) is 0. The Morgan fingerprint density at radius 1 is 1.20 bits per heavy atom. The molecule has 0 aromatic carbocycles. The second-order valence-electron chi connectivity index (χ2n) is 2.37. The van der Waals surface area contributed by atoms with Gasteiger partial charge in [0.15, 0.2) is 0 Å². The van der Waals surface area contributed by atoms with E-state index in [9.17, 15) is 0 Å². The van der Waals surface area contributed by atoms with Gasteiger partial charge in [-0.05, 0) is 0 Å². The number of hydrogen-bond acceptors (Lipinski definition) is 0. The van der Waals surface area contributed by atoms with E-state index in [0.717, 1.165) is 0 Å². The van der Waals surface area contributed by atoms with Crippen LogP contribution in [0.4, 0.5) is 0 Å². The van der Waals surface area contributed by atoms with Crippen molar-refractivity contribution in [3.8, 4) is 0 Å². The third kappa shape index (κ3) is 58.9. The van der Waals surface area contributed by atoms with Crippen molar-refractivity contribution in [2.75, 3.05) is 0 Å². The van der Waals surface area contributed by atoms with Crippen LogP contribution in [0, 0.1) is 0 Å². The molecule has 0 aromatic rings. The zero-order chi connectivity index (χ0) is 4.50. The van der Waals surface area contributed by atoms with Gasteiger partial charge >= 0.3 is 46.7 Å². The first-order chi connectivity index (χ1) is 2.00. The van der Waals surface area contributed by atoms with Crippen LogP contribution in [0.15, 0.2) is 0 Å². The fourth-order valence-electron chi connectivity index (χ4n) is 0. The van der Waals surface area contributed by atoms with Crippen LogP contribution < -0.4 is 0 Å². The molecular formula is C4H10Sn. The Bertz CT molecular complexity index is 19.1. The molecule has 0 amide bonds. The standard InChI is InChI=1S/C4H9.Sn.H/c1-4(2)3;;/h1-3H3;;. The fraction of sp³-hybridized carbons (Fsp3) is 1.00. The van der Waals surface area contributed by atoms with Gasteiger partial charge in [0.1, 0.15) is 0 Å². The van der Waals surface area contributed by atoms with Crippen LogP contribution in [0.25, 0.3) is 0 Å². The fourth-order valence-corrected chi connectivity index (χ4v) is 0. The Morgan fingerprint density at radius 3 is 1.20 bits per heavy atom. The molecule has 0 spiro atoms. The Balaban J connectivity index is 3.02. The van der Waals surface area contributed by atoms with Crippen molar-refractivity contribution in [2.45, 2.75) is 24.2 Å². The molecule has 30 valence electrons. The van der Waals surface area contributed by atoms with Crippen molar-refractivity contribution in [3.63, 3.8) is 0 Å². The van der Waals surface area contributed by atoms with Crippen LogP contribution >= 0.6 is 0 Å². The monoisotopic (exact) mass is 178 g/mol. The van der Waals surface area contributed by atoms with Crippen LogP contribution in [-0.2, 0) is 0 Å². The summed E-state index contributed by atoms with van der Waals surface area (Å²) in [4.78, 5) is 0. The molecule has 0 saturated carbocycles. The molecule has 0 fully saturated rings. The molecule has 0 nitrogen and oxygen atoms in total. The minimum atomic E-state index is 0.630. The van der Waals surface area contributed by atoms with E-state index in [1.165, 1.54) is 22.5 Å². The van der Waals surface area contributed by atoms with E-state index in [4.69, 9.17) is 0 Å². The molecule has 0 rings (SSSR count). The van der Waals surface area contributed by atoms with Gasteiger partial charge in [-0.2, -0.15) is 0 Å². The van der Waals surface area contributed by atoms with E-state index in [-0.39, 0.29) is 0 Å². The maximum absolute atomic E-state index is 2.25. The Hall–Kier alpha value is 0.799. The third-order valence-corrected chi connectivity index (χ3v) is 0. The van der Waals surface area contributed by atoms with Crippen LogP contribution in [0.1, 0.15) is 20.8 Å². The molecule has 5 heavy (non-hydrogen) atoms. The topological polar surface area (TPSA) is 0 Å². The molecule has 0 aliphatic carbocycles. The van der Waals surface area contributed by atoms with E-state index in [1.54, 1.807) is 0 Å². The third-order valence-electron chi connectivity index (χ3n) is 0. The first kappa shape index (κ1) is 5.80. The molecule has 0 saturated heterocycles. The minimum absolute atomic E-state index is 0.630. The van der Waals surface area contributed by atoms with Gasteiger partial charge in [0.25, 0.3) is 0 Å². The van der Waals surface area contributed by atoms with E-state index < -0.39 is 0 Å². The van der Waals surface area contributed by atoms with Crippen LogP contribution in [-0.4, -0.2) is 22.5 Å². The summed E-state index contributed by atoms with van der Waals surface area (Å²) >= 11 is 1.36. The number of hydrogen-bond donors (Lipinski definition) is 0. The van der Waals surface area contributed by atoms with E-state index in [1.807, 2.05) is 0 Å². The SMILES string of the molecule is C[C](C)(C)[SnH]. The van der Waals surface area contributed by atoms with E-state index in [2.05, 4.69) is 20.8 Å². The zero-order valence-electron chi connectivity index (χ0n) is 4.08. The zero-order valence-corrected chi connectivity index (χ0v) is 7.37. The van der Waals surface area contributed by atoms with Crippen molar-refractivity contribution >= 4 is 22.5 Å². The van der Waals surface area contributed by atoms with Gasteiger partial charge in [0.05, 0.1) is 0 Å². The summed E-state index contributed by atoms with van der Waals surface area (Å²) in [6.45, 7) is 6.74. The maximum atomic E-state index is 2.25. The normalized spacial score (nSPS) is 12.0. The van der Waals surface area contributed by atoms with Crippen LogP contribution in [0.2, 0.25) is 3.43 Å². The molecule has 0 heterocycles. The van der Waals surface area contributed by atoms with Crippen molar-refractivity contribution in [2.24, 2.45) is 0 Å². The second kappa shape index (κ2) is 1.50. The first-order valence-corrected chi connectivity index (χ1v) is 3.44. The molecule has 0 bridgehead atoms. The Morgan fingerprint density at radius 2 is 1.20 bits per heavy atom. The van der Waals surface area contributed by atoms with Gasteiger partial charge in [0, 0.05) is 0 Å². The summed E-state index contributed by atoms with van der Waals surface area (Å²) in [6.07, 6.45) is 0. The molecular weight excluding hydrogens is 167 g/mol. The Labute approximate surface area is 47.0 Å². The molecule has 0 aromatic heterocycles. The quantitative estimate of drug-likeness (QED) is 0.486. The average Bonchev–Trinajstić information content (AvgIpc) is 0.722. The van der Waals surface area contributed by atoms with Crippen LogP contribution in [0.5, 0.6) is 0 Å². The van der Waals surface area contributed by atoms with Crippen molar-refractivity contribution in [1.29, 1.82) is 0 Å². The van der Waals surface area contributed by atoms with E-state index >= 15 is 0 Å². The summed E-state index contributed by atoms with van der Waals surface area (Å²) in [6, 6.07) is 0. The Kier molecular flexibility index (Phi) is 1.74. The van der Waals surface area contributed by atoms with E-state index in [0.29, 0.717) is 3.43 Å². The summed E-state index contributed by atoms with van der Waals surface area (Å²) < 4.78 is 0.630. The first-order valence-electron chi connectivity index (χ1n) is 1.79. The van der Waals surface area contributed by atoms with Crippen molar-refractivity contribution < 1.29 is 0 Å². The molecule has 0 unspecified atom stereocenters. The van der Waals surface area contributed by atoms with Crippen molar-refractivity contribution in [1.82, 2.24) is 0 Å². The molecule has 0 N–H and O–H groups in total. The summed E-state index contributed by atoms with van der Waals surface area (Å²) in [5, 5.41) is 0. The molecule has 0 aliphatic heterocycles. The van der Waals surface area contributed by atoms with Crippen molar-refractivity contribution in [3.05, 3.63) is 0 Å². The predicted molar refractivity (Wildman–Crippen MR) is 26.9 cm³/mol. The second-order valence-corrected chi connectivity index (χ2v) is 7.31. The number of rotatable bonds is 0. The molecule has 1 heteroatoms. The van der Waals surface area contributed by atoms with Gasteiger partial charge in [-0.15, -0.1) is 0 Å². The predicted octanol–water partition coefficient (Wildman–Crippen LogP) is 1.11. The average molecular weight is 177 g/mol. The molecule has 0 atom stereocenters. The van der Waals surface area contributed by atoms with Gasteiger partial charge in [0.2, 0.25) is 0 Å². The van der Waals surface area contributed by atoms with Gasteiger partial charge in [-0.1, -0.05) is 0 Å². The van der Waals surface area contributed by atoms with Gasteiger partial charge < -0.3 is 0 Å². The summed E-state index contributed by atoms with van der Waals surface area (Å²) in [5.74, 6) is 0. The van der Waals surface area contributed by atoms with Gasteiger partial charge in [-0.3, -0.25) is 0 Å². The van der Waals surface area contributed by atoms with Gasteiger partial charge in [-0.25, -0.2) is 0 Å². The van der Waals surface area contributed by atoms with Crippen LogP contribution in [0.3, 0.4) is 0 Å².